The lowest BCUT2D eigenvalue weighted by molar-refractivity contribution is -0.148. The Morgan fingerprint density at radius 2 is 1.90 bits per heavy atom. The number of aromatic hydroxyl groups is 1. The number of benzene rings is 1. The van der Waals surface area contributed by atoms with E-state index in [9.17, 15) is 39.2 Å². The number of aliphatic hydroxyl groups excluding tert-OH is 2. The van der Waals surface area contributed by atoms with E-state index in [0.29, 0.717) is 35.9 Å². The number of fused-ring (bicyclic) bond motifs is 3. The van der Waals surface area contributed by atoms with Crippen molar-refractivity contribution in [3.05, 3.63) is 45.4 Å². The van der Waals surface area contributed by atoms with Gasteiger partial charge in [0.15, 0.2) is 11.4 Å². The van der Waals surface area contributed by atoms with E-state index in [1.807, 2.05) is 4.90 Å². The SMILES string of the molecule is COc1c(CN(CCF)CC2CC2)cc(O)c2c1C[C@H]1C[C@H]3[C@H](N(C)C)C(O)=C(C(N)=O)C(=O)[C@@]3(O)C(O)=C1C2=O. The van der Waals surface area contributed by atoms with E-state index in [4.69, 9.17) is 10.5 Å². The number of nitrogens with zero attached hydrogens (tertiary/aromatic N) is 2. The Bertz CT molecular complexity index is 1380. The maximum absolute atomic E-state index is 13.9. The lowest BCUT2D eigenvalue weighted by Gasteiger charge is -2.50. The average molecular weight is 574 g/mol. The number of ketones is 2. The third kappa shape index (κ3) is 4.48. The molecule has 0 heterocycles. The topological polar surface area (TPSA) is 174 Å². The molecule has 1 aromatic rings. The molecule has 1 saturated carbocycles. The number of rotatable bonds is 9. The Labute approximate surface area is 236 Å². The number of aliphatic hydroxyl groups is 3. The minimum absolute atomic E-state index is 0.0183. The van der Waals surface area contributed by atoms with Crippen molar-refractivity contribution in [2.75, 3.05) is 41.0 Å². The number of ether oxygens (including phenoxy) is 1. The largest absolute Gasteiger partial charge is 0.510 e. The molecule has 1 fully saturated rings. The van der Waals surface area contributed by atoms with Crippen molar-refractivity contribution >= 4 is 17.5 Å². The van der Waals surface area contributed by atoms with Gasteiger partial charge in [-0.25, -0.2) is 4.39 Å². The summed E-state index contributed by atoms with van der Waals surface area (Å²) in [5, 5.41) is 45.1. The minimum atomic E-state index is -2.69. The van der Waals surface area contributed by atoms with Crippen LogP contribution in [0.1, 0.15) is 40.7 Å². The molecule has 4 aliphatic carbocycles. The van der Waals surface area contributed by atoms with Crippen molar-refractivity contribution in [2.45, 2.75) is 43.9 Å². The van der Waals surface area contributed by atoms with Crippen LogP contribution in [0.2, 0.25) is 0 Å². The molecule has 0 aromatic heterocycles. The summed E-state index contributed by atoms with van der Waals surface area (Å²) < 4.78 is 19.1. The van der Waals surface area contributed by atoms with Crippen LogP contribution in [0.4, 0.5) is 4.39 Å². The van der Waals surface area contributed by atoms with E-state index < -0.39 is 64.7 Å². The summed E-state index contributed by atoms with van der Waals surface area (Å²) >= 11 is 0. The first-order valence-electron chi connectivity index (χ1n) is 13.7. The van der Waals surface area contributed by atoms with Crippen LogP contribution >= 0.6 is 0 Å². The molecule has 4 atom stereocenters. The highest BCUT2D eigenvalue weighted by Crippen LogP contribution is 2.53. The fourth-order valence-electron chi connectivity index (χ4n) is 7.00. The number of alkyl halides is 1. The van der Waals surface area contributed by atoms with Crippen molar-refractivity contribution in [1.82, 2.24) is 9.80 Å². The number of nitrogens with two attached hydrogens (primary N) is 1. The fraction of sp³-hybridized carbons (Fsp3) is 0.552. The number of allylic oxidation sites excluding steroid dienone is 1. The maximum atomic E-state index is 13.9. The van der Waals surface area contributed by atoms with Crippen LogP contribution in [-0.4, -0.2) is 100 Å². The van der Waals surface area contributed by atoms with Crippen LogP contribution in [0.5, 0.6) is 11.5 Å². The number of Topliss-reactive ketones (excluding diaryl/α,β-unsaturated/α-hetero) is 2. The maximum Gasteiger partial charge on any atom is 0.255 e. The predicted molar refractivity (Wildman–Crippen MR) is 144 cm³/mol. The Kier molecular flexibility index (Phi) is 7.37. The molecule has 0 unspecified atom stereocenters. The quantitative estimate of drug-likeness (QED) is 0.271. The molecular weight excluding hydrogens is 537 g/mol. The van der Waals surface area contributed by atoms with Gasteiger partial charge in [-0.15, -0.1) is 0 Å². The molecule has 222 valence electrons. The highest BCUT2D eigenvalue weighted by Gasteiger charge is 2.63. The summed E-state index contributed by atoms with van der Waals surface area (Å²) in [7, 11) is 4.59. The van der Waals surface area contributed by atoms with Gasteiger partial charge in [-0.3, -0.25) is 24.2 Å². The summed E-state index contributed by atoms with van der Waals surface area (Å²) in [5.41, 5.74) is 2.46. The van der Waals surface area contributed by atoms with E-state index in [0.717, 1.165) is 12.8 Å². The van der Waals surface area contributed by atoms with Gasteiger partial charge in [-0.05, 0) is 57.7 Å². The van der Waals surface area contributed by atoms with E-state index in [1.54, 1.807) is 14.1 Å². The van der Waals surface area contributed by atoms with Crippen LogP contribution in [0.3, 0.4) is 0 Å². The Morgan fingerprint density at radius 3 is 2.46 bits per heavy atom. The Balaban J connectivity index is 1.62. The standard InChI is InChI=1S/C29H36FN3O8/c1-32(2)22-17-9-14-8-16-20(18(34)10-15(25(16)41-3)12-33(7-6-30)11-13-4-5-13)23(35)19(14)26(37)29(17,40)27(38)21(24(22)36)28(31)39/h10,13-14,17,22,34,36-37,40H,4-9,11-12H2,1-3H3,(H2,31,39)/t14-,17-,22-,29-/m0/s1. The number of amides is 1. The molecule has 0 spiro atoms. The van der Waals surface area contributed by atoms with E-state index >= 15 is 0 Å². The first-order chi connectivity index (χ1) is 19.4. The number of likely N-dealkylation sites (N-methyl/N-ethyl adjacent to an activating group) is 1. The molecule has 4 aliphatic rings. The van der Waals surface area contributed by atoms with Crippen molar-refractivity contribution in [3.63, 3.8) is 0 Å². The summed E-state index contributed by atoms with van der Waals surface area (Å²) in [5.74, 6) is -6.20. The molecule has 1 aromatic carbocycles. The van der Waals surface area contributed by atoms with Crippen LogP contribution in [0, 0.1) is 17.8 Å². The first-order valence-corrected chi connectivity index (χ1v) is 13.7. The predicted octanol–water partition coefficient (Wildman–Crippen LogP) is 1.31. The van der Waals surface area contributed by atoms with Crippen LogP contribution in [-0.2, 0) is 22.6 Å². The summed E-state index contributed by atoms with van der Waals surface area (Å²) in [6, 6.07) is 0.324. The summed E-state index contributed by atoms with van der Waals surface area (Å²) in [4.78, 5) is 42.8. The van der Waals surface area contributed by atoms with Gasteiger partial charge in [0, 0.05) is 42.3 Å². The molecule has 41 heavy (non-hydrogen) atoms. The number of hydrogen-bond acceptors (Lipinski definition) is 10. The molecule has 0 radical (unpaired) electrons. The smallest absolute Gasteiger partial charge is 0.255 e. The van der Waals surface area contributed by atoms with Gasteiger partial charge in [0.2, 0.25) is 5.78 Å². The molecule has 0 aliphatic heterocycles. The second kappa shape index (κ2) is 10.4. The lowest BCUT2D eigenvalue weighted by Crippen LogP contribution is -2.63. The number of primary amides is 1. The van der Waals surface area contributed by atoms with Gasteiger partial charge in [0.05, 0.1) is 18.7 Å². The minimum Gasteiger partial charge on any atom is -0.510 e. The van der Waals surface area contributed by atoms with Gasteiger partial charge in [0.1, 0.15) is 35.3 Å². The summed E-state index contributed by atoms with van der Waals surface area (Å²) in [6.45, 7) is 0.683. The normalized spacial score (nSPS) is 27.7. The highest BCUT2D eigenvalue weighted by molar-refractivity contribution is 6.24. The number of carbonyl (C=O) groups is 3. The zero-order valence-electron chi connectivity index (χ0n) is 23.3. The van der Waals surface area contributed by atoms with Gasteiger partial charge >= 0.3 is 0 Å². The number of phenolic OH excluding ortho intramolecular Hbond substituents is 1. The summed E-state index contributed by atoms with van der Waals surface area (Å²) in [6.07, 6.45) is 2.26. The number of hydrogen-bond donors (Lipinski definition) is 5. The zero-order chi connectivity index (χ0) is 30.0. The van der Waals surface area contributed by atoms with E-state index in [1.165, 1.54) is 18.1 Å². The van der Waals surface area contributed by atoms with Crippen LogP contribution in [0.25, 0.3) is 0 Å². The molecule has 1 amide bonds. The number of halogens is 1. The second-order valence-corrected chi connectivity index (χ2v) is 11.8. The van der Waals surface area contributed by atoms with Crippen molar-refractivity contribution < 1.29 is 43.9 Å². The second-order valence-electron chi connectivity index (χ2n) is 11.8. The molecule has 6 N–H and O–H groups in total. The van der Waals surface area contributed by atoms with Gasteiger partial charge < -0.3 is 30.9 Å². The van der Waals surface area contributed by atoms with Gasteiger partial charge in [-0.1, -0.05) is 0 Å². The third-order valence-electron chi connectivity index (χ3n) is 8.96. The lowest BCUT2D eigenvalue weighted by atomic mass is 9.58. The Hall–Kier alpha value is -3.48. The third-order valence-corrected chi connectivity index (χ3v) is 8.96. The molecule has 12 heteroatoms. The van der Waals surface area contributed by atoms with Crippen molar-refractivity contribution in [3.8, 4) is 11.5 Å². The number of methoxy groups -OCH3 is 1. The molecule has 0 bridgehead atoms. The average Bonchev–Trinajstić information content (AvgIpc) is 3.70. The molecule has 0 saturated heterocycles. The highest BCUT2D eigenvalue weighted by atomic mass is 19.1. The molecule has 5 rings (SSSR count). The zero-order valence-corrected chi connectivity index (χ0v) is 23.3. The Morgan fingerprint density at radius 1 is 1.22 bits per heavy atom. The van der Waals surface area contributed by atoms with Gasteiger partial charge in [0.25, 0.3) is 5.91 Å². The van der Waals surface area contributed by atoms with Crippen LogP contribution in [0.15, 0.2) is 28.7 Å². The van der Waals surface area contributed by atoms with Crippen molar-refractivity contribution in [1.29, 1.82) is 0 Å². The molecular formula is C29H36FN3O8. The fourth-order valence-corrected chi connectivity index (χ4v) is 7.00. The van der Waals surface area contributed by atoms with Gasteiger partial charge in [-0.2, -0.15) is 0 Å². The van der Waals surface area contributed by atoms with E-state index in [2.05, 4.69) is 0 Å². The van der Waals surface area contributed by atoms with E-state index in [-0.39, 0.29) is 36.3 Å². The number of phenols is 1. The monoisotopic (exact) mass is 573 g/mol. The van der Waals surface area contributed by atoms with Crippen molar-refractivity contribution in [2.24, 2.45) is 23.5 Å². The molecule has 11 nitrogen and oxygen atoms in total. The first kappa shape index (κ1) is 29.0. The number of carbonyl (C=O) groups excluding carboxylic acids is 3. The van der Waals surface area contributed by atoms with Crippen LogP contribution < -0.4 is 10.5 Å².